The molecule has 1 aromatic rings. The van der Waals surface area contributed by atoms with Crippen molar-refractivity contribution in [2.24, 2.45) is 0 Å². The predicted octanol–water partition coefficient (Wildman–Crippen LogP) is 2.84. The van der Waals surface area contributed by atoms with Gasteiger partial charge < -0.3 is 0 Å². The van der Waals surface area contributed by atoms with Gasteiger partial charge in [-0.05, 0) is 34.4 Å². The van der Waals surface area contributed by atoms with Crippen LogP contribution in [0.25, 0.3) is 0 Å². The van der Waals surface area contributed by atoms with E-state index < -0.39 is 0 Å². The van der Waals surface area contributed by atoms with Gasteiger partial charge in [0, 0.05) is 12.5 Å². The summed E-state index contributed by atoms with van der Waals surface area (Å²) in [5, 5.41) is 2.10. The van der Waals surface area contributed by atoms with Gasteiger partial charge in [0.05, 0.1) is 26.0 Å². The lowest BCUT2D eigenvalue weighted by molar-refractivity contribution is -0.109. The summed E-state index contributed by atoms with van der Waals surface area (Å²) in [4.78, 5) is 12.2. The summed E-state index contributed by atoms with van der Waals surface area (Å²) >= 11 is 3.61. The number of hydrogen-bond donors (Lipinski definition) is 0. The summed E-state index contributed by atoms with van der Waals surface area (Å²) < 4.78 is 1.07. The molecule has 0 saturated heterocycles. The van der Waals surface area contributed by atoms with Crippen LogP contribution < -0.4 is 4.48 Å². The lowest BCUT2D eigenvalue weighted by Gasteiger charge is -2.23. The lowest BCUT2D eigenvalue weighted by atomic mass is 10.2. The van der Waals surface area contributed by atoms with Crippen LogP contribution in [0.2, 0.25) is 0 Å². The van der Waals surface area contributed by atoms with E-state index >= 15 is 0 Å². The molecule has 14 heavy (non-hydrogen) atoms. The number of rotatable bonds is 4. The Kier molecular flexibility index (Phi) is 4.09. The molecule has 0 fully saturated rings. The average molecular weight is 324 g/mol. The third-order valence-corrected chi connectivity index (χ3v) is 3.50. The maximum atomic E-state index is 10.9. The standard InChI is InChI=1S/C10H15INOS/c1-12(2,3)8-6-7-14-9(8)4-5-10(11)13/h6-7H,4-5H2,1-3H3/q+1. The molecule has 0 spiro atoms. The summed E-state index contributed by atoms with van der Waals surface area (Å²) in [6, 6.07) is 2.15. The first kappa shape index (κ1) is 12.1. The largest absolute Gasteiger partial charge is 0.297 e. The van der Waals surface area contributed by atoms with Crippen molar-refractivity contribution >= 4 is 43.4 Å². The normalized spacial score (nSPS) is 11.7. The van der Waals surface area contributed by atoms with Crippen LogP contribution in [-0.2, 0) is 11.2 Å². The summed E-state index contributed by atoms with van der Waals surface area (Å²) in [6.45, 7) is 0. The van der Waals surface area contributed by atoms with Crippen molar-refractivity contribution < 1.29 is 4.79 Å². The maximum Gasteiger partial charge on any atom is 0.192 e. The van der Waals surface area contributed by atoms with E-state index in [-0.39, 0.29) is 3.79 Å². The molecule has 0 aliphatic heterocycles. The van der Waals surface area contributed by atoms with Crippen molar-refractivity contribution in [3.8, 4) is 0 Å². The van der Waals surface area contributed by atoms with Crippen LogP contribution >= 0.6 is 33.9 Å². The first-order valence-corrected chi connectivity index (χ1v) is 6.44. The minimum Gasteiger partial charge on any atom is -0.297 e. The molecule has 0 saturated carbocycles. The molecule has 0 aliphatic carbocycles. The monoisotopic (exact) mass is 324 g/mol. The first-order chi connectivity index (χ1) is 6.41. The molecule has 0 N–H and O–H groups in total. The minimum atomic E-state index is 0.239. The second-order valence-electron chi connectivity index (χ2n) is 4.10. The van der Waals surface area contributed by atoms with Gasteiger partial charge in [0.2, 0.25) is 0 Å². The van der Waals surface area contributed by atoms with Crippen LogP contribution in [0.1, 0.15) is 11.3 Å². The number of hydrogen-bond acceptors (Lipinski definition) is 2. The zero-order chi connectivity index (χ0) is 10.8. The molecule has 2 nitrogen and oxygen atoms in total. The molecule has 0 bridgehead atoms. The smallest absolute Gasteiger partial charge is 0.192 e. The van der Waals surface area contributed by atoms with Crippen LogP contribution in [-0.4, -0.2) is 24.9 Å². The van der Waals surface area contributed by atoms with Crippen LogP contribution in [0.4, 0.5) is 5.69 Å². The number of carbonyl (C=O) groups is 1. The van der Waals surface area contributed by atoms with Crippen LogP contribution in [0.5, 0.6) is 0 Å². The Morgan fingerprint density at radius 1 is 1.50 bits per heavy atom. The van der Waals surface area contributed by atoms with Gasteiger partial charge in [0.15, 0.2) is 3.79 Å². The zero-order valence-electron chi connectivity index (χ0n) is 8.71. The summed E-state index contributed by atoms with van der Waals surface area (Å²) in [5.74, 6) is 0. The van der Waals surface area contributed by atoms with Gasteiger partial charge in [-0.3, -0.25) is 9.28 Å². The first-order valence-electron chi connectivity index (χ1n) is 4.48. The summed E-state index contributed by atoms with van der Waals surface area (Å²) in [7, 11) is 6.45. The Hall–Kier alpha value is 0.0600. The van der Waals surface area contributed by atoms with Crippen LogP contribution in [0.15, 0.2) is 11.4 Å². The lowest BCUT2D eigenvalue weighted by Crippen LogP contribution is -2.35. The van der Waals surface area contributed by atoms with Gasteiger partial charge >= 0.3 is 0 Å². The molecule has 0 atom stereocenters. The highest BCUT2D eigenvalue weighted by atomic mass is 127. The van der Waals surface area contributed by atoms with E-state index in [0.717, 1.165) is 10.9 Å². The third-order valence-electron chi connectivity index (χ3n) is 1.99. The molecule has 0 radical (unpaired) electrons. The van der Waals surface area contributed by atoms with Gasteiger partial charge in [-0.2, -0.15) is 0 Å². The molecule has 1 aromatic heterocycles. The fourth-order valence-electron chi connectivity index (χ4n) is 1.33. The van der Waals surface area contributed by atoms with Gasteiger partial charge in [0.25, 0.3) is 0 Å². The summed E-state index contributed by atoms with van der Waals surface area (Å²) in [5.41, 5.74) is 1.33. The third kappa shape index (κ3) is 3.33. The molecule has 0 aliphatic rings. The van der Waals surface area contributed by atoms with Gasteiger partial charge in [-0.15, -0.1) is 11.3 Å². The molecular formula is C10H15INOS+. The van der Waals surface area contributed by atoms with E-state index in [9.17, 15) is 4.79 Å². The van der Waals surface area contributed by atoms with Crippen LogP contribution in [0.3, 0.4) is 0 Å². The van der Waals surface area contributed by atoms with Crippen molar-refractivity contribution in [1.29, 1.82) is 0 Å². The maximum absolute atomic E-state index is 10.9. The Morgan fingerprint density at radius 3 is 2.64 bits per heavy atom. The highest BCUT2D eigenvalue weighted by molar-refractivity contribution is 14.1. The Bertz CT molecular complexity index is 327. The van der Waals surface area contributed by atoms with Gasteiger partial charge in [-0.1, -0.05) is 0 Å². The highest BCUT2D eigenvalue weighted by Crippen LogP contribution is 2.29. The molecule has 1 rings (SSSR count). The predicted molar refractivity (Wildman–Crippen MR) is 71.2 cm³/mol. The quantitative estimate of drug-likeness (QED) is 0.473. The van der Waals surface area contributed by atoms with Crippen molar-refractivity contribution in [3.05, 3.63) is 16.3 Å². The molecule has 0 aromatic carbocycles. The number of thiophene rings is 1. The number of nitrogens with zero attached hydrogens (tertiary/aromatic N) is 1. The van der Waals surface area contributed by atoms with E-state index in [1.807, 2.05) is 22.6 Å². The van der Waals surface area contributed by atoms with Gasteiger partial charge in [0.1, 0.15) is 5.69 Å². The highest BCUT2D eigenvalue weighted by Gasteiger charge is 2.18. The van der Waals surface area contributed by atoms with Crippen molar-refractivity contribution in [2.75, 3.05) is 21.1 Å². The van der Waals surface area contributed by atoms with E-state index in [1.165, 1.54) is 10.6 Å². The Balaban J connectivity index is 2.78. The number of carbonyl (C=O) groups excluding carboxylic acids is 1. The second-order valence-corrected chi connectivity index (χ2v) is 6.30. The fourth-order valence-corrected chi connectivity index (χ4v) is 2.64. The number of halogens is 1. The van der Waals surface area contributed by atoms with E-state index in [2.05, 4.69) is 32.6 Å². The topological polar surface area (TPSA) is 17.1 Å². The Morgan fingerprint density at radius 2 is 2.14 bits per heavy atom. The minimum absolute atomic E-state index is 0.239. The fraction of sp³-hybridized carbons (Fsp3) is 0.500. The number of aryl methyl sites for hydroxylation is 1. The van der Waals surface area contributed by atoms with Crippen LogP contribution in [0, 0.1) is 0 Å². The molecule has 0 amide bonds. The molecule has 4 heteroatoms. The molecule has 1 heterocycles. The van der Waals surface area contributed by atoms with E-state index in [4.69, 9.17) is 0 Å². The summed E-state index contributed by atoms with van der Waals surface area (Å²) in [6.07, 6.45) is 1.53. The van der Waals surface area contributed by atoms with Gasteiger partial charge in [-0.25, -0.2) is 0 Å². The van der Waals surface area contributed by atoms with Crippen molar-refractivity contribution in [1.82, 2.24) is 4.48 Å². The zero-order valence-corrected chi connectivity index (χ0v) is 11.7. The molecular weight excluding hydrogens is 309 g/mol. The molecule has 0 unspecified atom stereocenters. The molecule has 78 valence electrons. The van der Waals surface area contributed by atoms with Crippen molar-refractivity contribution in [2.45, 2.75) is 12.8 Å². The SMILES string of the molecule is C[N+](C)(C)c1ccsc1CCC(=O)I. The second kappa shape index (κ2) is 4.72. The van der Waals surface area contributed by atoms with Crippen molar-refractivity contribution in [3.63, 3.8) is 0 Å². The Labute approximate surface area is 103 Å². The van der Waals surface area contributed by atoms with E-state index in [0.29, 0.717) is 6.42 Å². The van der Waals surface area contributed by atoms with E-state index in [1.54, 1.807) is 11.3 Å². The average Bonchev–Trinajstić information content (AvgIpc) is 2.46. The number of quaternary nitrogens is 1.